The smallest absolute Gasteiger partial charge is 0.228 e. The van der Waals surface area contributed by atoms with E-state index in [2.05, 4.69) is 44.6 Å². The summed E-state index contributed by atoms with van der Waals surface area (Å²) in [5.74, 6) is 1.35. The minimum absolute atomic E-state index is 0.126. The normalized spacial score (nSPS) is 11.0. The van der Waals surface area contributed by atoms with Gasteiger partial charge in [0, 0.05) is 30.2 Å². The van der Waals surface area contributed by atoms with Crippen LogP contribution < -0.4 is 9.64 Å². The number of halogens is 1. The maximum Gasteiger partial charge on any atom is 0.228 e. The van der Waals surface area contributed by atoms with E-state index in [0.29, 0.717) is 11.9 Å². The summed E-state index contributed by atoms with van der Waals surface area (Å²) in [5, 5.41) is 0.893. The molecule has 96 valence electrons. The lowest BCUT2D eigenvalue weighted by atomic mass is 10.3. The van der Waals surface area contributed by atoms with Crippen molar-refractivity contribution in [3.8, 4) is 5.88 Å². The number of alkyl halides is 1. The van der Waals surface area contributed by atoms with Gasteiger partial charge in [0.2, 0.25) is 11.8 Å². The highest BCUT2D eigenvalue weighted by Gasteiger charge is 2.13. The quantitative estimate of drug-likeness (QED) is 0.757. The fourth-order valence-electron chi connectivity index (χ4n) is 1.46. The van der Waals surface area contributed by atoms with Gasteiger partial charge in [-0.2, -0.15) is 4.98 Å². The van der Waals surface area contributed by atoms with Crippen molar-refractivity contribution in [2.45, 2.75) is 39.8 Å². The lowest BCUT2D eigenvalue weighted by molar-refractivity contribution is 0.232. The van der Waals surface area contributed by atoms with Gasteiger partial charge in [-0.3, -0.25) is 0 Å². The summed E-state index contributed by atoms with van der Waals surface area (Å²) < 4.78 is 5.57. The van der Waals surface area contributed by atoms with Crippen LogP contribution in [0.25, 0.3) is 0 Å². The summed E-state index contributed by atoms with van der Waals surface area (Å²) in [6.45, 7) is 9.10. The molecule has 0 saturated carbocycles. The van der Waals surface area contributed by atoms with Gasteiger partial charge >= 0.3 is 0 Å². The molecule has 0 aliphatic heterocycles. The fourth-order valence-corrected chi connectivity index (χ4v) is 1.84. The van der Waals surface area contributed by atoms with Gasteiger partial charge < -0.3 is 9.64 Å². The first-order valence-corrected chi connectivity index (χ1v) is 6.99. The Morgan fingerprint density at radius 1 is 1.35 bits per heavy atom. The van der Waals surface area contributed by atoms with E-state index in [4.69, 9.17) is 4.74 Å². The van der Waals surface area contributed by atoms with Gasteiger partial charge in [-0.25, -0.2) is 4.98 Å². The molecule has 0 aromatic carbocycles. The predicted molar refractivity (Wildman–Crippen MR) is 74.1 cm³/mol. The highest BCUT2D eigenvalue weighted by Crippen LogP contribution is 2.16. The third-order valence-electron chi connectivity index (χ3n) is 2.18. The number of aromatic nitrogens is 2. The van der Waals surface area contributed by atoms with Crippen LogP contribution in [0, 0.1) is 0 Å². The summed E-state index contributed by atoms with van der Waals surface area (Å²) in [5.41, 5.74) is 0. The highest BCUT2D eigenvalue weighted by molar-refractivity contribution is 9.09. The molecule has 0 bridgehead atoms. The summed E-state index contributed by atoms with van der Waals surface area (Å²) in [4.78, 5) is 10.9. The zero-order chi connectivity index (χ0) is 12.8. The number of hydrogen-bond donors (Lipinski definition) is 0. The zero-order valence-electron chi connectivity index (χ0n) is 10.9. The van der Waals surface area contributed by atoms with E-state index in [1.54, 1.807) is 12.3 Å². The lowest BCUT2D eigenvalue weighted by Crippen LogP contribution is -2.34. The first-order chi connectivity index (χ1) is 8.04. The first kappa shape index (κ1) is 14.2. The summed E-state index contributed by atoms with van der Waals surface area (Å²) in [6, 6.07) is 2.15. The van der Waals surface area contributed by atoms with E-state index in [1.165, 1.54) is 0 Å². The SMILES string of the molecule is CC(C)Oc1ccnc(N(CCBr)C(C)C)n1. The van der Waals surface area contributed by atoms with E-state index in [9.17, 15) is 0 Å². The van der Waals surface area contributed by atoms with Crippen LogP contribution in [-0.4, -0.2) is 34.0 Å². The molecule has 0 N–H and O–H groups in total. The molecule has 0 spiro atoms. The number of nitrogens with zero attached hydrogens (tertiary/aromatic N) is 3. The molecular formula is C12H20BrN3O. The molecule has 4 nitrogen and oxygen atoms in total. The van der Waals surface area contributed by atoms with Gasteiger partial charge in [0.1, 0.15) is 0 Å². The van der Waals surface area contributed by atoms with Crippen LogP contribution in [0.4, 0.5) is 5.95 Å². The molecular weight excluding hydrogens is 282 g/mol. The maximum atomic E-state index is 5.57. The second kappa shape index (κ2) is 6.79. The molecule has 0 saturated heterocycles. The van der Waals surface area contributed by atoms with Crippen molar-refractivity contribution in [1.82, 2.24) is 9.97 Å². The molecule has 1 aromatic rings. The monoisotopic (exact) mass is 301 g/mol. The first-order valence-electron chi connectivity index (χ1n) is 5.87. The van der Waals surface area contributed by atoms with Gasteiger partial charge in [0.15, 0.2) is 0 Å². The summed E-state index contributed by atoms with van der Waals surface area (Å²) >= 11 is 3.45. The van der Waals surface area contributed by atoms with E-state index in [1.807, 2.05) is 13.8 Å². The maximum absolute atomic E-state index is 5.57. The Hall–Kier alpha value is -0.840. The molecule has 0 unspecified atom stereocenters. The minimum Gasteiger partial charge on any atom is -0.475 e. The molecule has 0 aliphatic rings. The van der Waals surface area contributed by atoms with Crippen molar-refractivity contribution in [2.24, 2.45) is 0 Å². The van der Waals surface area contributed by atoms with E-state index >= 15 is 0 Å². The van der Waals surface area contributed by atoms with Crippen LogP contribution in [0.2, 0.25) is 0 Å². The van der Waals surface area contributed by atoms with Crippen LogP contribution in [0.1, 0.15) is 27.7 Å². The highest BCUT2D eigenvalue weighted by atomic mass is 79.9. The molecule has 1 aromatic heterocycles. The van der Waals surface area contributed by atoms with Gasteiger partial charge in [-0.1, -0.05) is 15.9 Å². The predicted octanol–water partition coefficient (Wildman–Crippen LogP) is 2.87. The lowest BCUT2D eigenvalue weighted by Gasteiger charge is -2.26. The van der Waals surface area contributed by atoms with E-state index in [-0.39, 0.29) is 6.10 Å². The van der Waals surface area contributed by atoms with E-state index in [0.717, 1.165) is 17.8 Å². The third-order valence-corrected chi connectivity index (χ3v) is 2.53. The van der Waals surface area contributed by atoms with E-state index < -0.39 is 0 Å². The van der Waals surface area contributed by atoms with Crippen molar-refractivity contribution >= 4 is 21.9 Å². The van der Waals surface area contributed by atoms with Gasteiger partial charge in [0.25, 0.3) is 0 Å². The Bertz CT molecular complexity index is 344. The van der Waals surface area contributed by atoms with Gasteiger partial charge in [-0.15, -0.1) is 0 Å². The van der Waals surface area contributed by atoms with Crippen molar-refractivity contribution in [3.63, 3.8) is 0 Å². The number of hydrogen-bond acceptors (Lipinski definition) is 4. The van der Waals surface area contributed by atoms with Crippen molar-refractivity contribution in [3.05, 3.63) is 12.3 Å². The molecule has 1 rings (SSSR count). The number of ether oxygens (including phenoxy) is 1. The molecule has 1 heterocycles. The Labute approximate surface area is 112 Å². The average Bonchev–Trinajstić information content (AvgIpc) is 2.24. The topological polar surface area (TPSA) is 38.2 Å². The van der Waals surface area contributed by atoms with Crippen LogP contribution in [-0.2, 0) is 0 Å². The minimum atomic E-state index is 0.126. The van der Waals surface area contributed by atoms with Crippen LogP contribution >= 0.6 is 15.9 Å². The van der Waals surface area contributed by atoms with Crippen molar-refractivity contribution in [1.29, 1.82) is 0 Å². The Balaban J connectivity index is 2.87. The molecule has 0 fully saturated rings. The Morgan fingerprint density at radius 3 is 2.59 bits per heavy atom. The largest absolute Gasteiger partial charge is 0.475 e. The third kappa shape index (κ3) is 4.50. The molecule has 0 atom stereocenters. The van der Waals surface area contributed by atoms with Crippen LogP contribution in [0.5, 0.6) is 5.88 Å². The Kier molecular flexibility index (Phi) is 5.68. The van der Waals surface area contributed by atoms with Crippen molar-refractivity contribution in [2.75, 3.05) is 16.8 Å². The molecule has 0 amide bonds. The molecule has 5 heteroatoms. The average molecular weight is 302 g/mol. The second-order valence-corrected chi connectivity index (χ2v) is 5.13. The summed E-state index contributed by atoms with van der Waals surface area (Å²) in [6.07, 6.45) is 1.87. The number of rotatable bonds is 6. The van der Waals surface area contributed by atoms with Crippen molar-refractivity contribution < 1.29 is 4.74 Å². The van der Waals surface area contributed by atoms with Gasteiger partial charge in [-0.05, 0) is 27.7 Å². The second-order valence-electron chi connectivity index (χ2n) is 4.34. The van der Waals surface area contributed by atoms with Gasteiger partial charge in [0.05, 0.1) is 6.10 Å². The molecule has 0 radical (unpaired) electrons. The van der Waals surface area contributed by atoms with Crippen LogP contribution in [0.15, 0.2) is 12.3 Å². The summed E-state index contributed by atoms with van der Waals surface area (Å²) in [7, 11) is 0. The molecule has 17 heavy (non-hydrogen) atoms. The fraction of sp³-hybridized carbons (Fsp3) is 0.667. The van der Waals surface area contributed by atoms with Crippen LogP contribution in [0.3, 0.4) is 0 Å². The number of anilines is 1. The zero-order valence-corrected chi connectivity index (χ0v) is 12.4. The standard InChI is InChI=1S/C12H20BrN3O/c1-9(2)16(8-6-13)12-14-7-5-11(15-12)17-10(3)4/h5,7,9-10H,6,8H2,1-4H3. The molecule has 0 aliphatic carbocycles. The Morgan fingerprint density at radius 2 is 2.06 bits per heavy atom.